The molecule has 0 radical (unpaired) electrons. The van der Waals surface area contributed by atoms with Gasteiger partial charge in [0.05, 0.1) is 5.02 Å². The summed E-state index contributed by atoms with van der Waals surface area (Å²) in [6.45, 7) is 6.95. The largest absolute Gasteiger partial charge is 0.375 e. The van der Waals surface area contributed by atoms with Crippen molar-refractivity contribution in [3.05, 3.63) is 82.5 Å². The summed E-state index contributed by atoms with van der Waals surface area (Å²) in [6, 6.07) is 15.9. The van der Waals surface area contributed by atoms with Gasteiger partial charge in [0.1, 0.15) is 0 Å². The third kappa shape index (κ3) is 4.94. The van der Waals surface area contributed by atoms with E-state index < -0.39 is 0 Å². The minimum atomic E-state index is -0.0484. The molecule has 0 unspecified atom stereocenters. The van der Waals surface area contributed by atoms with Gasteiger partial charge < -0.3 is 4.90 Å². The lowest BCUT2D eigenvalue weighted by molar-refractivity contribution is 0.104. The Labute approximate surface area is 154 Å². The number of hydrogen-bond acceptors (Lipinski definition) is 3. The van der Waals surface area contributed by atoms with E-state index in [2.05, 4.69) is 41.0 Å². The van der Waals surface area contributed by atoms with Crippen molar-refractivity contribution in [3.63, 3.8) is 0 Å². The number of piperazine rings is 1. The number of carbonyl (C=O) groups is 1. The molecule has 0 atom stereocenters. The highest BCUT2D eigenvalue weighted by Crippen LogP contribution is 2.16. The Kier molecular flexibility index (Phi) is 5.90. The molecule has 3 rings (SSSR count). The summed E-state index contributed by atoms with van der Waals surface area (Å²) in [5.41, 5.74) is 3.20. The summed E-state index contributed by atoms with van der Waals surface area (Å²) in [7, 11) is 0. The first-order valence-corrected chi connectivity index (χ1v) is 8.98. The lowest BCUT2D eigenvalue weighted by Crippen LogP contribution is -2.43. The molecule has 1 aliphatic heterocycles. The number of halogens is 1. The average Bonchev–Trinajstić information content (AvgIpc) is 2.63. The SMILES string of the molecule is Cc1ccc(CN2CCN(C=CC(=O)c3ccccc3Cl)CC2)cc1. The van der Waals surface area contributed by atoms with Gasteiger partial charge in [0.15, 0.2) is 5.78 Å². The van der Waals surface area contributed by atoms with Gasteiger partial charge in [0.2, 0.25) is 0 Å². The summed E-state index contributed by atoms with van der Waals surface area (Å²) in [6.07, 6.45) is 3.52. The van der Waals surface area contributed by atoms with Crippen molar-refractivity contribution >= 4 is 17.4 Å². The first kappa shape index (κ1) is 17.7. The van der Waals surface area contributed by atoms with Gasteiger partial charge in [-0.2, -0.15) is 0 Å². The Balaban J connectivity index is 1.50. The molecule has 0 N–H and O–H groups in total. The molecule has 0 spiro atoms. The zero-order chi connectivity index (χ0) is 17.6. The van der Waals surface area contributed by atoms with E-state index in [9.17, 15) is 4.79 Å². The smallest absolute Gasteiger partial charge is 0.188 e. The third-order valence-corrected chi connectivity index (χ3v) is 4.84. The summed E-state index contributed by atoms with van der Waals surface area (Å²) in [5, 5.41) is 0.500. The molecule has 25 heavy (non-hydrogen) atoms. The van der Waals surface area contributed by atoms with E-state index in [-0.39, 0.29) is 5.78 Å². The maximum absolute atomic E-state index is 12.2. The van der Waals surface area contributed by atoms with Crippen LogP contribution in [0.2, 0.25) is 5.02 Å². The van der Waals surface area contributed by atoms with Crippen LogP contribution in [-0.4, -0.2) is 41.8 Å². The summed E-state index contributed by atoms with van der Waals surface area (Å²) < 4.78 is 0. The number of hydrogen-bond donors (Lipinski definition) is 0. The van der Waals surface area contributed by atoms with Gasteiger partial charge in [-0.25, -0.2) is 0 Å². The molecule has 1 heterocycles. The fraction of sp³-hybridized carbons (Fsp3) is 0.286. The van der Waals surface area contributed by atoms with Crippen LogP contribution in [0.15, 0.2) is 60.8 Å². The first-order chi connectivity index (χ1) is 12.1. The standard InChI is InChI=1S/C21H23ClN2O/c1-17-6-8-18(9-7-17)16-24-14-12-23(13-15-24)11-10-21(25)19-4-2-3-5-20(19)22/h2-11H,12-16H2,1H3. The van der Waals surface area contributed by atoms with Gasteiger partial charge in [-0.1, -0.05) is 53.6 Å². The van der Waals surface area contributed by atoms with E-state index in [1.807, 2.05) is 18.3 Å². The van der Waals surface area contributed by atoms with Crippen molar-refractivity contribution in [2.45, 2.75) is 13.5 Å². The normalized spacial score (nSPS) is 15.7. The highest BCUT2D eigenvalue weighted by Gasteiger charge is 2.15. The van der Waals surface area contributed by atoms with Gasteiger partial charge in [0, 0.05) is 50.6 Å². The zero-order valence-corrected chi connectivity index (χ0v) is 15.2. The molecule has 2 aromatic carbocycles. The van der Waals surface area contributed by atoms with Crippen molar-refractivity contribution in [3.8, 4) is 0 Å². The molecular weight excluding hydrogens is 332 g/mol. The average molecular weight is 355 g/mol. The lowest BCUT2D eigenvalue weighted by atomic mass is 10.1. The molecule has 130 valence electrons. The number of rotatable bonds is 5. The van der Waals surface area contributed by atoms with Gasteiger partial charge in [-0.15, -0.1) is 0 Å². The summed E-state index contributed by atoms with van der Waals surface area (Å²) in [5.74, 6) is -0.0484. The first-order valence-electron chi connectivity index (χ1n) is 8.61. The fourth-order valence-corrected chi connectivity index (χ4v) is 3.17. The van der Waals surface area contributed by atoms with Crippen LogP contribution < -0.4 is 0 Å². The Hall–Kier alpha value is -2.10. The van der Waals surface area contributed by atoms with Crippen molar-refractivity contribution in [1.29, 1.82) is 0 Å². The maximum atomic E-state index is 12.2. The molecule has 2 aromatic rings. The van der Waals surface area contributed by atoms with Crippen LogP contribution in [0.1, 0.15) is 21.5 Å². The van der Waals surface area contributed by atoms with Gasteiger partial charge in [-0.3, -0.25) is 9.69 Å². The van der Waals surface area contributed by atoms with E-state index in [0.717, 1.165) is 32.7 Å². The van der Waals surface area contributed by atoms with E-state index in [1.165, 1.54) is 11.1 Å². The van der Waals surface area contributed by atoms with Gasteiger partial charge in [0.25, 0.3) is 0 Å². The van der Waals surface area contributed by atoms with Crippen LogP contribution in [0.3, 0.4) is 0 Å². The molecule has 1 aliphatic rings. The third-order valence-electron chi connectivity index (χ3n) is 4.51. The van der Waals surface area contributed by atoms with Crippen LogP contribution in [0.25, 0.3) is 0 Å². The molecule has 4 heteroatoms. The predicted octanol–water partition coefficient (Wildman–Crippen LogP) is 4.16. The van der Waals surface area contributed by atoms with Gasteiger partial charge in [-0.05, 0) is 24.6 Å². The van der Waals surface area contributed by atoms with E-state index in [0.29, 0.717) is 10.6 Å². The van der Waals surface area contributed by atoms with Crippen molar-refractivity contribution < 1.29 is 4.79 Å². The van der Waals surface area contributed by atoms with Crippen LogP contribution >= 0.6 is 11.6 Å². The minimum Gasteiger partial charge on any atom is -0.375 e. The van der Waals surface area contributed by atoms with Crippen LogP contribution in [0.4, 0.5) is 0 Å². The van der Waals surface area contributed by atoms with Crippen molar-refractivity contribution in [1.82, 2.24) is 9.80 Å². The topological polar surface area (TPSA) is 23.6 Å². The molecule has 1 fully saturated rings. The second-order valence-electron chi connectivity index (χ2n) is 6.46. The number of aryl methyl sites for hydroxylation is 1. The number of allylic oxidation sites excluding steroid dienone is 1. The molecule has 0 amide bonds. The minimum absolute atomic E-state index is 0.0484. The Morgan fingerprint density at radius 2 is 1.72 bits per heavy atom. The number of nitrogens with zero attached hydrogens (tertiary/aromatic N) is 2. The molecule has 0 aliphatic carbocycles. The van der Waals surface area contributed by atoms with Crippen molar-refractivity contribution in [2.24, 2.45) is 0 Å². The molecule has 0 bridgehead atoms. The second kappa shape index (κ2) is 8.32. The Morgan fingerprint density at radius 3 is 2.40 bits per heavy atom. The van der Waals surface area contributed by atoms with Crippen LogP contribution in [0, 0.1) is 6.92 Å². The quantitative estimate of drug-likeness (QED) is 0.595. The zero-order valence-electron chi connectivity index (χ0n) is 14.5. The molecule has 0 aromatic heterocycles. The van der Waals surface area contributed by atoms with Crippen molar-refractivity contribution in [2.75, 3.05) is 26.2 Å². The number of carbonyl (C=O) groups excluding carboxylic acids is 1. The summed E-state index contributed by atoms with van der Waals surface area (Å²) >= 11 is 6.07. The lowest BCUT2D eigenvalue weighted by Gasteiger charge is -2.34. The molecule has 3 nitrogen and oxygen atoms in total. The van der Waals surface area contributed by atoms with Crippen LogP contribution in [-0.2, 0) is 6.54 Å². The highest BCUT2D eigenvalue weighted by molar-refractivity contribution is 6.34. The Morgan fingerprint density at radius 1 is 1.04 bits per heavy atom. The van der Waals surface area contributed by atoms with Gasteiger partial charge >= 0.3 is 0 Å². The van der Waals surface area contributed by atoms with E-state index >= 15 is 0 Å². The van der Waals surface area contributed by atoms with Crippen LogP contribution in [0.5, 0.6) is 0 Å². The van der Waals surface area contributed by atoms with E-state index in [1.54, 1.807) is 18.2 Å². The molecular formula is C21H23ClN2O. The maximum Gasteiger partial charge on any atom is 0.188 e. The number of benzene rings is 2. The second-order valence-corrected chi connectivity index (χ2v) is 6.86. The molecule has 1 saturated heterocycles. The monoisotopic (exact) mass is 354 g/mol. The fourth-order valence-electron chi connectivity index (χ4n) is 2.95. The summed E-state index contributed by atoms with van der Waals surface area (Å²) in [4.78, 5) is 16.9. The van der Waals surface area contributed by atoms with E-state index in [4.69, 9.17) is 11.6 Å². The molecule has 0 saturated carbocycles. The Bertz CT molecular complexity index is 747. The number of ketones is 1. The highest BCUT2D eigenvalue weighted by atomic mass is 35.5. The predicted molar refractivity (Wildman–Crippen MR) is 103 cm³/mol.